The Balaban J connectivity index is 1.98. The molecule has 3 heteroatoms. The zero-order valence-electron chi connectivity index (χ0n) is 10.8. The van der Waals surface area contributed by atoms with Crippen LogP contribution < -0.4 is 5.32 Å². The van der Waals surface area contributed by atoms with Crippen molar-refractivity contribution in [3.05, 3.63) is 0 Å². The normalized spacial score (nSPS) is 36.6. The molecule has 0 radical (unpaired) electrons. The van der Waals surface area contributed by atoms with Crippen molar-refractivity contribution in [1.29, 1.82) is 0 Å². The molecule has 0 aromatic carbocycles. The number of hydrogen-bond acceptors (Lipinski definition) is 3. The first-order valence-corrected chi connectivity index (χ1v) is 6.53. The molecule has 1 aliphatic heterocycles. The van der Waals surface area contributed by atoms with Crippen LogP contribution in [-0.4, -0.2) is 39.0 Å². The second-order valence-corrected chi connectivity index (χ2v) is 5.51. The molecule has 1 saturated heterocycles. The molecule has 3 nitrogen and oxygen atoms in total. The molecule has 2 fully saturated rings. The minimum atomic E-state index is 0.276. The van der Waals surface area contributed by atoms with Gasteiger partial charge in [0.05, 0.1) is 6.10 Å². The standard InChI is InChI=1S/C13H25NO2/c1-10(8-15-3)13(6-7-16-11(13)2)9-14-12-4-5-12/h10-12,14H,4-9H2,1-3H3. The molecule has 0 aromatic rings. The molecule has 16 heavy (non-hydrogen) atoms. The van der Waals surface area contributed by atoms with Crippen LogP contribution in [0.3, 0.4) is 0 Å². The minimum Gasteiger partial charge on any atom is -0.384 e. The van der Waals surface area contributed by atoms with Crippen LogP contribution in [0.1, 0.15) is 33.1 Å². The Morgan fingerprint density at radius 3 is 2.75 bits per heavy atom. The molecular weight excluding hydrogens is 202 g/mol. The highest BCUT2D eigenvalue weighted by molar-refractivity contribution is 4.97. The molecule has 1 heterocycles. The monoisotopic (exact) mass is 227 g/mol. The highest BCUT2D eigenvalue weighted by Crippen LogP contribution is 2.42. The van der Waals surface area contributed by atoms with Crippen LogP contribution >= 0.6 is 0 Å². The van der Waals surface area contributed by atoms with Crippen molar-refractivity contribution in [3.8, 4) is 0 Å². The molecule has 94 valence electrons. The lowest BCUT2D eigenvalue weighted by molar-refractivity contribution is 0.00421. The van der Waals surface area contributed by atoms with E-state index in [4.69, 9.17) is 9.47 Å². The second-order valence-electron chi connectivity index (χ2n) is 5.51. The van der Waals surface area contributed by atoms with E-state index in [1.165, 1.54) is 19.3 Å². The molecule has 1 saturated carbocycles. The zero-order valence-corrected chi connectivity index (χ0v) is 10.8. The predicted molar refractivity (Wildman–Crippen MR) is 64.5 cm³/mol. The summed E-state index contributed by atoms with van der Waals surface area (Å²) in [5.41, 5.74) is 0.276. The van der Waals surface area contributed by atoms with E-state index >= 15 is 0 Å². The van der Waals surface area contributed by atoms with E-state index < -0.39 is 0 Å². The van der Waals surface area contributed by atoms with E-state index in [0.29, 0.717) is 12.0 Å². The van der Waals surface area contributed by atoms with Gasteiger partial charge in [-0.2, -0.15) is 0 Å². The lowest BCUT2D eigenvalue weighted by Crippen LogP contribution is -2.46. The Kier molecular flexibility index (Phi) is 3.88. The maximum atomic E-state index is 5.79. The first kappa shape index (κ1) is 12.3. The van der Waals surface area contributed by atoms with Crippen molar-refractivity contribution < 1.29 is 9.47 Å². The number of nitrogens with one attached hydrogen (secondary N) is 1. The lowest BCUT2D eigenvalue weighted by Gasteiger charge is -2.38. The summed E-state index contributed by atoms with van der Waals surface area (Å²) in [5, 5.41) is 3.67. The molecule has 0 amide bonds. The van der Waals surface area contributed by atoms with Gasteiger partial charge < -0.3 is 14.8 Å². The van der Waals surface area contributed by atoms with Crippen LogP contribution in [0.2, 0.25) is 0 Å². The van der Waals surface area contributed by atoms with Crippen molar-refractivity contribution >= 4 is 0 Å². The van der Waals surface area contributed by atoms with Crippen LogP contribution in [0.25, 0.3) is 0 Å². The summed E-state index contributed by atoms with van der Waals surface area (Å²) in [6.07, 6.45) is 4.22. The molecular formula is C13H25NO2. The summed E-state index contributed by atoms with van der Waals surface area (Å²) in [5.74, 6) is 0.557. The van der Waals surface area contributed by atoms with Crippen LogP contribution in [0.5, 0.6) is 0 Å². The Bertz CT molecular complexity index is 230. The Morgan fingerprint density at radius 1 is 1.50 bits per heavy atom. The van der Waals surface area contributed by atoms with Crippen LogP contribution in [0, 0.1) is 11.3 Å². The van der Waals surface area contributed by atoms with E-state index in [-0.39, 0.29) is 5.41 Å². The van der Waals surface area contributed by atoms with Crippen molar-refractivity contribution in [2.45, 2.75) is 45.3 Å². The second kappa shape index (κ2) is 5.03. The number of ether oxygens (including phenoxy) is 2. The summed E-state index contributed by atoms with van der Waals surface area (Å²) in [7, 11) is 1.79. The van der Waals surface area contributed by atoms with Gasteiger partial charge in [0.1, 0.15) is 0 Å². The van der Waals surface area contributed by atoms with Crippen LogP contribution in [0.15, 0.2) is 0 Å². The topological polar surface area (TPSA) is 30.5 Å². The number of hydrogen-bond donors (Lipinski definition) is 1. The van der Waals surface area contributed by atoms with Gasteiger partial charge >= 0.3 is 0 Å². The third-order valence-electron chi connectivity index (χ3n) is 4.44. The average Bonchev–Trinajstić information content (AvgIpc) is 3.01. The Morgan fingerprint density at radius 2 is 2.25 bits per heavy atom. The molecule has 0 bridgehead atoms. The summed E-state index contributed by atoms with van der Waals surface area (Å²) in [6, 6.07) is 0.777. The van der Waals surface area contributed by atoms with Crippen LogP contribution in [0.4, 0.5) is 0 Å². The van der Waals surface area contributed by atoms with Gasteiger partial charge in [-0.05, 0) is 32.1 Å². The quantitative estimate of drug-likeness (QED) is 0.751. The van der Waals surface area contributed by atoms with Gasteiger partial charge in [-0.25, -0.2) is 0 Å². The van der Waals surface area contributed by atoms with Gasteiger partial charge in [0.15, 0.2) is 0 Å². The largest absolute Gasteiger partial charge is 0.384 e. The third-order valence-corrected chi connectivity index (χ3v) is 4.44. The van der Waals surface area contributed by atoms with Gasteiger partial charge in [-0.1, -0.05) is 6.92 Å². The van der Waals surface area contributed by atoms with E-state index in [1.807, 2.05) is 0 Å². The van der Waals surface area contributed by atoms with E-state index in [1.54, 1.807) is 7.11 Å². The fourth-order valence-corrected chi connectivity index (χ4v) is 2.89. The van der Waals surface area contributed by atoms with Crippen molar-refractivity contribution in [2.24, 2.45) is 11.3 Å². The molecule has 0 aromatic heterocycles. The zero-order chi connectivity index (χ0) is 11.6. The summed E-state index contributed by atoms with van der Waals surface area (Å²) < 4.78 is 11.1. The maximum absolute atomic E-state index is 5.79. The first-order valence-electron chi connectivity index (χ1n) is 6.53. The molecule has 3 atom stereocenters. The van der Waals surface area contributed by atoms with Crippen molar-refractivity contribution in [3.63, 3.8) is 0 Å². The maximum Gasteiger partial charge on any atom is 0.0619 e. The summed E-state index contributed by atoms with van der Waals surface area (Å²) in [4.78, 5) is 0. The van der Waals surface area contributed by atoms with E-state index in [2.05, 4.69) is 19.2 Å². The molecule has 1 N–H and O–H groups in total. The van der Waals surface area contributed by atoms with Gasteiger partial charge in [-0.3, -0.25) is 0 Å². The van der Waals surface area contributed by atoms with E-state index in [0.717, 1.165) is 25.8 Å². The van der Waals surface area contributed by atoms with Gasteiger partial charge in [0, 0.05) is 38.3 Å². The highest BCUT2D eigenvalue weighted by Gasteiger charge is 2.46. The summed E-state index contributed by atoms with van der Waals surface area (Å²) >= 11 is 0. The van der Waals surface area contributed by atoms with Gasteiger partial charge in [-0.15, -0.1) is 0 Å². The van der Waals surface area contributed by atoms with Gasteiger partial charge in [0.25, 0.3) is 0 Å². The average molecular weight is 227 g/mol. The highest BCUT2D eigenvalue weighted by atomic mass is 16.5. The molecule has 1 aliphatic carbocycles. The SMILES string of the molecule is COCC(C)C1(CNC2CC2)CCOC1C. The first-order chi connectivity index (χ1) is 7.69. The van der Waals surface area contributed by atoms with Crippen molar-refractivity contribution in [2.75, 3.05) is 26.9 Å². The fraction of sp³-hybridized carbons (Fsp3) is 1.00. The molecule has 0 spiro atoms. The number of methoxy groups -OCH3 is 1. The molecule has 2 rings (SSSR count). The van der Waals surface area contributed by atoms with Crippen LogP contribution in [-0.2, 0) is 9.47 Å². The van der Waals surface area contributed by atoms with Gasteiger partial charge in [0.2, 0.25) is 0 Å². The van der Waals surface area contributed by atoms with E-state index in [9.17, 15) is 0 Å². The molecule has 2 aliphatic rings. The third kappa shape index (κ3) is 2.41. The van der Waals surface area contributed by atoms with Crippen molar-refractivity contribution in [1.82, 2.24) is 5.32 Å². The lowest BCUT2D eigenvalue weighted by atomic mass is 9.71. The number of rotatable bonds is 6. The fourth-order valence-electron chi connectivity index (χ4n) is 2.89. The predicted octanol–water partition coefficient (Wildman–Crippen LogP) is 1.82. The summed E-state index contributed by atoms with van der Waals surface area (Å²) in [6.45, 7) is 7.34. The Labute approximate surface area is 98.9 Å². The molecule has 3 unspecified atom stereocenters. The minimum absolute atomic E-state index is 0.276. The smallest absolute Gasteiger partial charge is 0.0619 e. The Hall–Kier alpha value is -0.120.